The summed E-state index contributed by atoms with van der Waals surface area (Å²) >= 11 is 7.38. The molecule has 2 aromatic rings. The number of carbonyl (C=O) groups is 2. The van der Waals surface area contributed by atoms with Crippen molar-refractivity contribution in [1.82, 2.24) is 5.32 Å². The van der Waals surface area contributed by atoms with Crippen LogP contribution in [0.3, 0.4) is 0 Å². The van der Waals surface area contributed by atoms with E-state index in [1.54, 1.807) is 43.3 Å². The second-order valence-corrected chi connectivity index (χ2v) is 7.47. The number of amides is 1. The van der Waals surface area contributed by atoms with Crippen molar-refractivity contribution in [2.75, 3.05) is 13.2 Å². The summed E-state index contributed by atoms with van der Waals surface area (Å²) in [6, 6.07) is 12.5. The molecule has 0 bridgehead atoms. The van der Waals surface area contributed by atoms with Crippen molar-refractivity contribution < 1.29 is 19.1 Å². The molecular weight excluding hydrogens is 412 g/mol. The maximum absolute atomic E-state index is 12.3. The van der Waals surface area contributed by atoms with Crippen LogP contribution >= 0.6 is 23.4 Å². The van der Waals surface area contributed by atoms with Crippen molar-refractivity contribution in [3.05, 3.63) is 63.5 Å². The van der Waals surface area contributed by atoms with E-state index in [-0.39, 0.29) is 12.5 Å². The smallest absolute Gasteiger partial charge is 0.344 e. The predicted octanol–water partition coefficient (Wildman–Crippen LogP) is 4.48. The lowest BCUT2D eigenvalue weighted by Gasteiger charge is -2.05. The van der Waals surface area contributed by atoms with E-state index in [1.807, 2.05) is 19.1 Å². The first-order chi connectivity index (χ1) is 14.0. The predicted molar refractivity (Wildman–Crippen MR) is 116 cm³/mol. The van der Waals surface area contributed by atoms with E-state index in [4.69, 9.17) is 21.1 Å². The van der Waals surface area contributed by atoms with Gasteiger partial charge >= 0.3 is 5.97 Å². The van der Waals surface area contributed by atoms with Gasteiger partial charge in [-0.1, -0.05) is 29.8 Å². The minimum Gasteiger partial charge on any atom is -0.482 e. The Hall–Kier alpha value is -2.77. The van der Waals surface area contributed by atoms with Gasteiger partial charge in [0.05, 0.1) is 17.2 Å². The van der Waals surface area contributed by atoms with E-state index in [0.29, 0.717) is 33.1 Å². The van der Waals surface area contributed by atoms with Crippen LogP contribution in [-0.2, 0) is 14.3 Å². The molecule has 1 saturated heterocycles. The molecule has 0 unspecified atom stereocenters. The van der Waals surface area contributed by atoms with Gasteiger partial charge in [0.1, 0.15) is 5.75 Å². The number of ether oxygens (including phenoxy) is 2. The van der Waals surface area contributed by atoms with Crippen LogP contribution < -0.4 is 10.1 Å². The molecule has 29 heavy (non-hydrogen) atoms. The molecule has 0 spiro atoms. The number of rotatable bonds is 6. The molecule has 0 atom stereocenters. The molecule has 0 aromatic heterocycles. The number of aliphatic imine (C=N–C) groups is 1. The Labute approximate surface area is 177 Å². The van der Waals surface area contributed by atoms with Gasteiger partial charge in [0.2, 0.25) is 0 Å². The fraction of sp³-hybridized carbons (Fsp3) is 0.190. The highest BCUT2D eigenvalue weighted by Crippen LogP contribution is 2.31. The Bertz CT molecular complexity index is 987. The van der Waals surface area contributed by atoms with Crippen molar-refractivity contribution in [2.45, 2.75) is 13.8 Å². The zero-order valence-corrected chi connectivity index (χ0v) is 17.5. The Morgan fingerprint density at radius 1 is 1.24 bits per heavy atom. The molecule has 6 nitrogen and oxygen atoms in total. The molecular formula is C21H19ClN2O4S. The summed E-state index contributed by atoms with van der Waals surface area (Å²) < 4.78 is 10.2. The van der Waals surface area contributed by atoms with E-state index in [9.17, 15) is 9.59 Å². The molecule has 1 aliphatic heterocycles. The number of nitrogens with zero attached hydrogens (tertiary/aromatic N) is 1. The highest BCUT2D eigenvalue weighted by molar-refractivity contribution is 8.18. The molecule has 1 aliphatic rings. The van der Waals surface area contributed by atoms with Crippen LogP contribution in [0.2, 0.25) is 5.02 Å². The van der Waals surface area contributed by atoms with E-state index in [2.05, 4.69) is 10.3 Å². The molecule has 8 heteroatoms. The molecule has 0 aliphatic carbocycles. The van der Waals surface area contributed by atoms with Gasteiger partial charge < -0.3 is 14.8 Å². The maximum Gasteiger partial charge on any atom is 0.344 e. The van der Waals surface area contributed by atoms with Crippen LogP contribution in [0, 0.1) is 6.92 Å². The van der Waals surface area contributed by atoms with Crippen LogP contribution in [0.15, 0.2) is 52.4 Å². The summed E-state index contributed by atoms with van der Waals surface area (Å²) in [6.45, 7) is 3.79. The third kappa shape index (κ3) is 5.62. The maximum atomic E-state index is 12.3. The van der Waals surface area contributed by atoms with Gasteiger partial charge in [-0.3, -0.25) is 4.79 Å². The molecule has 0 saturated carbocycles. The number of thioether (sulfide) groups is 1. The summed E-state index contributed by atoms with van der Waals surface area (Å²) in [5, 5.41) is 3.89. The van der Waals surface area contributed by atoms with Gasteiger partial charge in [0.25, 0.3) is 5.91 Å². The summed E-state index contributed by atoms with van der Waals surface area (Å²) in [5.41, 5.74) is 2.39. The Morgan fingerprint density at radius 3 is 2.72 bits per heavy atom. The van der Waals surface area contributed by atoms with Gasteiger partial charge in [0, 0.05) is 5.02 Å². The third-order valence-electron chi connectivity index (χ3n) is 3.95. The Morgan fingerprint density at radius 2 is 2.00 bits per heavy atom. The number of carbonyl (C=O) groups excluding carboxylic acids is 2. The minimum atomic E-state index is -0.417. The molecule has 0 radical (unpaired) electrons. The van der Waals surface area contributed by atoms with Gasteiger partial charge in [0.15, 0.2) is 11.8 Å². The standard InChI is InChI=1S/C21H19ClN2O4S/c1-3-27-19(25)12-28-15-9-7-14(8-10-15)11-18-20(26)24-21(29-18)23-17-6-4-5-16(22)13(17)2/h4-11H,3,12H2,1-2H3,(H,23,24,26)/b18-11-. The summed E-state index contributed by atoms with van der Waals surface area (Å²) in [7, 11) is 0. The van der Waals surface area contributed by atoms with Crippen molar-refractivity contribution in [2.24, 2.45) is 4.99 Å². The topological polar surface area (TPSA) is 77.0 Å². The average Bonchev–Trinajstić information content (AvgIpc) is 3.04. The zero-order valence-electron chi connectivity index (χ0n) is 15.9. The molecule has 1 heterocycles. The molecule has 1 N–H and O–H groups in total. The number of nitrogens with one attached hydrogen (secondary N) is 1. The molecule has 2 aromatic carbocycles. The quantitative estimate of drug-likeness (QED) is 0.540. The van der Waals surface area contributed by atoms with E-state index < -0.39 is 5.97 Å². The first kappa shape index (κ1) is 21.0. The van der Waals surface area contributed by atoms with Crippen molar-refractivity contribution >= 4 is 52.2 Å². The Kier molecular flexibility index (Phi) is 6.95. The molecule has 1 fully saturated rings. The van der Waals surface area contributed by atoms with Crippen molar-refractivity contribution in [3.63, 3.8) is 0 Å². The average molecular weight is 431 g/mol. The monoisotopic (exact) mass is 430 g/mol. The number of benzene rings is 2. The number of hydrogen-bond donors (Lipinski definition) is 1. The second kappa shape index (κ2) is 9.62. The van der Waals surface area contributed by atoms with Gasteiger partial charge in [-0.25, -0.2) is 9.79 Å². The van der Waals surface area contributed by atoms with Gasteiger partial charge in [-0.15, -0.1) is 0 Å². The number of amidine groups is 1. The van der Waals surface area contributed by atoms with Crippen LogP contribution in [0.4, 0.5) is 5.69 Å². The largest absolute Gasteiger partial charge is 0.482 e. The van der Waals surface area contributed by atoms with Crippen molar-refractivity contribution in [3.8, 4) is 5.75 Å². The highest BCUT2D eigenvalue weighted by atomic mass is 35.5. The van der Waals surface area contributed by atoms with Crippen LogP contribution in [0.1, 0.15) is 18.1 Å². The van der Waals surface area contributed by atoms with Gasteiger partial charge in [-0.2, -0.15) is 0 Å². The summed E-state index contributed by atoms with van der Waals surface area (Å²) in [4.78, 5) is 28.6. The Balaban J connectivity index is 1.67. The molecule has 1 amide bonds. The SMILES string of the molecule is CCOC(=O)COc1ccc(/C=C2\SC(=Nc3cccc(Cl)c3C)NC2=O)cc1. The highest BCUT2D eigenvalue weighted by Gasteiger charge is 2.24. The van der Waals surface area contributed by atoms with E-state index >= 15 is 0 Å². The van der Waals surface area contributed by atoms with Crippen LogP contribution in [0.5, 0.6) is 5.75 Å². The lowest BCUT2D eigenvalue weighted by atomic mass is 10.2. The van der Waals surface area contributed by atoms with E-state index in [0.717, 1.165) is 11.1 Å². The van der Waals surface area contributed by atoms with Crippen molar-refractivity contribution in [1.29, 1.82) is 0 Å². The summed E-state index contributed by atoms with van der Waals surface area (Å²) in [5.74, 6) is -0.0852. The second-order valence-electron chi connectivity index (χ2n) is 6.03. The zero-order chi connectivity index (χ0) is 20.8. The lowest BCUT2D eigenvalue weighted by molar-refractivity contribution is -0.145. The fourth-order valence-corrected chi connectivity index (χ4v) is 3.47. The minimum absolute atomic E-state index is 0.144. The molecule has 3 rings (SSSR count). The van der Waals surface area contributed by atoms with Crippen LogP contribution in [-0.4, -0.2) is 30.3 Å². The van der Waals surface area contributed by atoms with Gasteiger partial charge in [-0.05, 0) is 67.1 Å². The number of esters is 1. The lowest BCUT2D eigenvalue weighted by Crippen LogP contribution is -2.19. The van der Waals surface area contributed by atoms with Crippen LogP contribution in [0.25, 0.3) is 6.08 Å². The molecule has 150 valence electrons. The summed E-state index contributed by atoms with van der Waals surface area (Å²) in [6.07, 6.45) is 1.77. The number of hydrogen-bond acceptors (Lipinski definition) is 6. The third-order valence-corrected chi connectivity index (χ3v) is 5.27. The number of halogens is 1. The first-order valence-corrected chi connectivity index (χ1v) is 10.1. The fourth-order valence-electron chi connectivity index (χ4n) is 2.46. The van der Waals surface area contributed by atoms with E-state index in [1.165, 1.54) is 11.8 Å². The normalized spacial score (nSPS) is 16.2. The first-order valence-electron chi connectivity index (χ1n) is 8.89.